The van der Waals surface area contributed by atoms with Gasteiger partial charge in [0.15, 0.2) is 46.0 Å². The van der Waals surface area contributed by atoms with E-state index in [1.165, 1.54) is 0 Å². The van der Waals surface area contributed by atoms with Crippen LogP contribution in [0.3, 0.4) is 0 Å². The standard InChI is InChI=1S/C53H50O12P2/c1-50(2)27-32-14-10-20-40(46(32)56-50)61-66-60-39-19-9-8-18-37(39)45(54)38-25-24-36(55-7)26-44(38)65-67(62-41-21-11-15-33-28-51(3,4)57-47(33)41)64-43-23-13-17-35-30-53(6,59-49(35)43)31-52(5)29-34-16-12-22-42(63-66)48(34)58-52/h8-26H,27-31H2,1-7H3. The van der Waals surface area contributed by atoms with E-state index >= 15 is 4.79 Å². The molecule has 5 heterocycles. The molecule has 0 saturated heterocycles. The van der Waals surface area contributed by atoms with Gasteiger partial charge in [-0.15, -0.1) is 0 Å². The third-order valence-electron chi connectivity index (χ3n) is 12.4. The van der Waals surface area contributed by atoms with Crippen LogP contribution in [0.2, 0.25) is 0 Å². The SMILES string of the molecule is COc1ccc2c(c1)OP(Oc1cccc3c1OC(C)(C)C3)Oc1cccc3c1OC(C)(C3)CC1(C)Cc3cccc(c3O1)OP(Oc1cccc3c1OC(C)(C)C3)Oc1ccccc1C2=O. The number of hydrogen-bond donors (Lipinski definition) is 0. The molecule has 11 rings (SSSR count). The molecule has 6 aromatic carbocycles. The monoisotopic (exact) mass is 940 g/mol. The molecule has 0 saturated carbocycles. The van der Waals surface area contributed by atoms with Crippen molar-refractivity contribution in [2.24, 2.45) is 0 Å². The lowest BCUT2D eigenvalue weighted by Crippen LogP contribution is -2.43. The van der Waals surface area contributed by atoms with E-state index in [2.05, 4.69) is 13.8 Å². The first kappa shape index (κ1) is 43.2. The van der Waals surface area contributed by atoms with Gasteiger partial charge in [-0.05, 0) is 90.1 Å². The van der Waals surface area contributed by atoms with Crippen molar-refractivity contribution in [1.29, 1.82) is 0 Å². The van der Waals surface area contributed by atoms with Crippen molar-refractivity contribution >= 4 is 23.0 Å². The zero-order valence-electron chi connectivity index (χ0n) is 38.3. The van der Waals surface area contributed by atoms with Gasteiger partial charge >= 0.3 is 17.2 Å². The van der Waals surface area contributed by atoms with Crippen molar-refractivity contribution in [3.63, 3.8) is 0 Å². The summed E-state index contributed by atoms with van der Waals surface area (Å²) in [4.78, 5) is 15.1. The van der Waals surface area contributed by atoms with Gasteiger partial charge in [-0.1, -0.05) is 60.7 Å². The molecule has 4 atom stereocenters. The van der Waals surface area contributed by atoms with E-state index in [0.29, 0.717) is 83.8 Å². The molecular formula is C53H50O12P2. The van der Waals surface area contributed by atoms with Gasteiger partial charge in [0, 0.05) is 60.4 Å². The number of carbonyl (C=O) groups excluding carboxylic acids is 1. The second-order valence-electron chi connectivity index (χ2n) is 19.4. The van der Waals surface area contributed by atoms with Gasteiger partial charge in [-0.3, -0.25) is 4.79 Å². The predicted octanol–water partition coefficient (Wildman–Crippen LogP) is 12.7. The molecule has 5 aliphatic rings. The van der Waals surface area contributed by atoms with Crippen molar-refractivity contribution in [3.05, 3.63) is 149 Å². The van der Waals surface area contributed by atoms with Gasteiger partial charge in [0.25, 0.3) is 0 Å². The second-order valence-corrected chi connectivity index (χ2v) is 21.4. The summed E-state index contributed by atoms with van der Waals surface area (Å²) in [6.07, 6.45) is 3.11. The van der Waals surface area contributed by atoms with E-state index < -0.39 is 45.4 Å². The van der Waals surface area contributed by atoms with Crippen LogP contribution in [0.4, 0.5) is 0 Å². The topological polar surface area (TPSA) is 119 Å². The van der Waals surface area contributed by atoms with Crippen LogP contribution in [0.1, 0.15) is 86.1 Å². The second kappa shape index (κ2) is 16.2. The third-order valence-corrected chi connectivity index (χ3v) is 14.5. The Morgan fingerprint density at radius 3 is 1.45 bits per heavy atom. The van der Waals surface area contributed by atoms with Gasteiger partial charge in [-0.2, -0.15) is 0 Å². The highest BCUT2D eigenvalue weighted by Crippen LogP contribution is 2.57. The molecule has 0 aliphatic carbocycles. The van der Waals surface area contributed by atoms with E-state index in [-0.39, 0.29) is 22.6 Å². The molecule has 5 aliphatic heterocycles. The average Bonchev–Trinajstić information content (AvgIpc) is 4.01. The van der Waals surface area contributed by atoms with Crippen LogP contribution < -0.4 is 50.8 Å². The van der Waals surface area contributed by atoms with Crippen LogP contribution in [0, 0.1) is 0 Å². The summed E-state index contributed by atoms with van der Waals surface area (Å²) < 4.78 is 73.0. The highest BCUT2D eigenvalue weighted by Gasteiger charge is 2.48. The fourth-order valence-corrected chi connectivity index (χ4v) is 11.9. The Morgan fingerprint density at radius 2 is 0.910 bits per heavy atom. The number of hydrogen-bond acceptors (Lipinski definition) is 12. The molecule has 4 bridgehead atoms. The molecule has 0 fully saturated rings. The minimum Gasteiger partial charge on any atom is -0.497 e. The zero-order valence-corrected chi connectivity index (χ0v) is 40.1. The molecule has 0 radical (unpaired) electrons. The molecular weight excluding hydrogens is 891 g/mol. The number of benzene rings is 6. The lowest BCUT2D eigenvalue weighted by atomic mass is 9.84. The molecule has 6 aromatic rings. The maximum atomic E-state index is 15.1. The summed E-state index contributed by atoms with van der Waals surface area (Å²) in [5.41, 5.74) is 2.09. The molecule has 0 N–H and O–H groups in total. The van der Waals surface area contributed by atoms with E-state index in [4.69, 9.17) is 50.8 Å². The number of fused-ring (bicyclic) bond motifs is 6. The van der Waals surface area contributed by atoms with Crippen molar-refractivity contribution < 1.29 is 55.6 Å². The summed E-state index contributed by atoms with van der Waals surface area (Å²) in [6, 6.07) is 35.1. The summed E-state index contributed by atoms with van der Waals surface area (Å²) in [5.74, 6) is 4.55. The van der Waals surface area contributed by atoms with Gasteiger partial charge in [0.2, 0.25) is 5.78 Å². The van der Waals surface area contributed by atoms with Crippen LogP contribution in [0.25, 0.3) is 0 Å². The highest BCUT2D eigenvalue weighted by atomic mass is 31.2. The predicted molar refractivity (Wildman–Crippen MR) is 253 cm³/mol. The first-order chi connectivity index (χ1) is 32.1. The Morgan fingerprint density at radius 1 is 0.463 bits per heavy atom. The minimum absolute atomic E-state index is 0.154. The Hall–Kier alpha value is -6.35. The zero-order chi connectivity index (χ0) is 46.3. The Balaban J connectivity index is 1.04. The lowest BCUT2D eigenvalue weighted by Gasteiger charge is -2.34. The first-order valence-electron chi connectivity index (χ1n) is 22.3. The van der Waals surface area contributed by atoms with Gasteiger partial charge < -0.3 is 50.8 Å². The van der Waals surface area contributed by atoms with Crippen LogP contribution in [0.5, 0.6) is 63.2 Å². The fraction of sp³-hybridized carbons (Fsp3) is 0.302. The van der Waals surface area contributed by atoms with Gasteiger partial charge in [0.05, 0.1) is 18.2 Å². The normalized spacial score (nSPS) is 23.6. The Kier molecular flexibility index (Phi) is 10.4. The van der Waals surface area contributed by atoms with E-state index in [9.17, 15) is 0 Å². The number of rotatable bonds is 5. The highest BCUT2D eigenvalue weighted by molar-refractivity contribution is 7.43. The largest absolute Gasteiger partial charge is 0.530 e. The van der Waals surface area contributed by atoms with Crippen LogP contribution >= 0.6 is 17.2 Å². The smallest absolute Gasteiger partial charge is 0.497 e. The third kappa shape index (κ3) is 8.40. The van der Waals surface area contributed by atoms with Crippen molar-refractivity contribution in [3.8, 4) is 63.2 Å². The molecule has 344 valence electrons. The minimum atomic E-state index is -2.37. The maximum absolute atomic E-state index is 15.1. The number of carbonyl (C=O) groups is 1. The number of methoxy groups -OCH3 is 1. The number of para-hydroxylation sites is 5. The van der Waals surface area contributed by atoms with E-state index in [1.807, 2.05) is 100 Å². The number of ether oxygens (including phenoxy) is 5. The fourth-order valence-electron chi connectivity index (χ4n) is 9.82. The average molecular weight is 941 g/mol. The molecule has 14 heteroatoms. The van der Waals surface area contributed by atoms with E-state index in [1.54, 1.807) is 49.6 Å². The summed E-state index contributed by atoms with van der Waals surface area (Å²) >= 11 is 0. The van der Waals surface area contributed by atoms with Gasteiger partial charge in [-0.25, -0.2) is 0 Å². The Labute approximate surface area is 392 Å². The molecule has 0 amide bonds. The molecule has 0 spiro atoms. The molecule has 4 unspecified atom stereocenters. The van der Waals surface area contributed by atoms with Crippen LogP contribution in [-0.2, 0) is 25.7 Å². The Bertz CT molecular complexity index is 2950. The summed E-state index contributed by atoms with van der Waals surface area (Å²) in [6.45, 7) is 12.3. The first-order valence-corrected chi connectivity index (χ1v) is 24.5. The maximum Gasteiger partial charge on any atom is 0.530 e. The van der Waals surface area contributed by atoms with Crippen molar-refractivity contribution in [2.45, 2.75) is 96.1 Å². The number of ketones is 1. The lowest BCUT2D eigenvalue weighted by molar-refractivity contribution is 0.00701. The molecule has 67 heavy (non-hydrogen) atoms. The molecule has 0 aromatic heterocycles. The van der Waals surface area contributed by atoms with E-state index in [0.717, 1.165) is 22.3 Å². The quantitative estimate of drug-likeness (QED) is 0.153. The van der Waals surface area contributed by atoms with Gasteiger partial charge in [0.1, 0.15) is 39.7 Å². The summed E-state index contributed by atoms with van der Waals surface area (Å²) in [7, 11) is -3.15. The molecule has 12 nitrogen and oxygen atoms in total. The van der Waals surface area contributed by atoms with Crippen LogP contribution in [-0.4, -0.2) is 35.3 Å². The van der Waals surface area contributed by atoms with Crippen LogP contribution in [0.15, 0.2) is 115 Å². The van der Waals surface area contributed by atoms with Crippen molar-refractivity contribution in [1.82, 2.24) is 0 Å². The van der Waals surface area contributed by atoms with Crippen molar-refractivity contribution in [2.75, 3.05) is 7.11 Å². The summed E-state index contributed by atoms with van der Waals surface area (Å²) in [5, 5.41) is 0.